The van der Waals surface area contributed by atoms with E-state index in [0.717, 1.165) is 11.1 Å². The van der Waals surface area contributed by atoms with Crippen molar-refractivity contribution in [2.24, 2.45) is 0 Å². The van der Waals surface area contributed by atoms with Gasteiger partial charge < -0.3 is 10.1 Å². The van der Waals surface area contributed by atoms with Crippen molar-refractivity contribution in [3.63, 3.8) is 0 Å². The summed E-state index contributed by atoms with van der Waals surface area (Å²) in [7, 11) is 0. The fourth-order valence-corrected chi connectivity index (χ4v) is 2.37. The maximum atomic E-state index is 13.9. The first kappa shape index (κ1) is 16.2. The Morgan fingerprint density at radius 1 is 1.05 bits per heavy atom. The summed E-state index contributed by atoms with van der Waals surface area (Å²) in [6.07, 6.45) is -0.823. The zero-order chi connectivity index (χ0) is 14.9. The predicted molar refractivity (Wildman–Crippen MR) is 81.3 cm³/mol. The van der Waals surface area contributed by atoms with Crippen molar-refractivity contribution in [2.75, 3.05) is 6.61 Å². The van der Waals surface area contributed by atoms with Crippen LogP contribution in [-0.4, -0.2) is 18.6 Å². The molecule has 0 radical (unpaired) electrons. The van der Waals surface area contributed by atoms with E-state index in [4.69, 9.17) is 0 Å². The van der Waals surface area contributed by atoms with Gasteiger partial charge in [0.05, 0.1) is 0 Å². The van der Waals surface area contributed by atoms with Gasteiger partial charge in [-0.25, -0.2) is 13.6 Å². The van der Waals surface area contributed by atoms with E-state index < -0.39 is 24.7 Å². The minimum absolute atomic E-state index is 0. The van der Waals surface area contributed by atoms with Crippen molar-refractivity contribution in [1.29, 1.82) is 0 Å². The molecule has 1 atom stereocenters. The van der Waals surface area contributed by atoms with Crippen LogP contribution in [0.5, 0.6) is 0 Å². The third-order valence-electron chi connectivity index (χ3n) is 3.41. The Kier molecular flexibility index (Phi) is 4.66. The largest absolute Gasteiger partial charge is 0.443 e. The quantitative estimate of drug-likeness (QED) is 0.899. The van der Waals surface area contributed by atoms with Crippen molar-refractivity contribution in [1.82, 2.24) is 5.32 Å². The van der Waals surface area contributed by atoms with Crippen LogP contribution in [0.2, 0.25) is 0 Å². The summed E-state index contributed by atoms with van der Waals surface area (Å²) >= 11 is 0. The standard InChI is InChI=1S/C16H13F2NO2.ClH/c17-16(18)10-21-15(20)19-14(16)13-8-4-7-12(9-13)11-5-2-1-3-6-11;/h1-9,14H,10H2,(H,19,20);1H/t14-;/m0./s1. The Balaban J connectivity index is 0.00000176. The second-order valence-corrected chi connectivity index (χ2v) is 4.91. The number of halogens is 3. The van der Waals surface area contributed by atoms with Gasteiger partial charge in [-0.1, -0.05) is 48.5 Å². The molecule has 22 heavy (non-hydrogen) atoms. The number of nitrogens with one attached hydrogen (secondary N) is 1. The zero-order valence-corrected chi connectivity index (χ0v) is 12.3. The zero-order valence-electron chi connectivity index (χ0n) is 11.5. The van der Waals surface area contributed by atoms with E-state index in [1.54, 1.807) is 18.2 Å². The SMILES string of the molecule is Cl.O=C1N[C@@H](c2cccc(-c3ccccc3)c2)C(F)(F)CO1. The van der Waals surface area contributed by atoms with Crippen LogP contribution in [0.4, 0.5) is 13.6 Å². The van der Waals surface area contributed by atoms with E-state index in [2.05, 4.69) is 10.1 Å². The maximum absolute atomic E-state index is 13.9. The third kappa shape index (κ3) is 3.20. The lowest BCUT2D eigenvalue weighted by Crippen LogP contribution is -2.49. The highest BCUT2D eigenvalue weighted by atomic mass is 35.5. The highest BCUT2D eigenvalue weighted by Crippen LogP contribution is 2.35. The molecule has 2 aromatic carbocycles. The number of carbonyl (C=O) groups excluding carboxylic acids is 1. The van der Waals surface area contributed by atoms with E-state index in [1.807, 2.05) is 36.4 Å². The Morgan fingerprint density at radius 2 is 1.73 bits per heavy atom. The number of hydrogen-bond acceptors (Lipinski definition) is 2. The third-order valence-corrected chi connectivity index (χ3v) is 3.41. The molecule has 1 heterocycles. The molecule has 1 fully saturated rings. The normalized spacial score (nSPS) is 19.5. The summed E-state index contributed by atoms with van der Waals surface area (Å²) < 4.78 is 32.2. The summed E-state index contributed by atoms with van der Waals surface area (Å²) in [4.78, 5) is 11.2. The molecule has 116 valence electrons. The maximum Gasteiger partial charge on any atom is 0.408 e. The van der Waals surface area contributed by atoms with Gasteiger partial charge in [-0.2, -0.15) is 0 Å². The lowest BCUT2D eigenvalue weighted by Gasteiger charge is -2.32. The van der Waals surface area contributed by atoms with Gasteiger partial charge >= 0.3 is 12.0 Å². The van der Waals surface area contributed by atoms with Gasteiger partial charge in [0.25, 0.3) is 0 Å². The Bertz CT molecular complexity index is 664. The molecule has 1 amide bonds. The van der Waals surface area contributed by atoms with Gasteiger partial charge in [-0.15, -0.1) is 12.4 Å². The van der Waals surface area contributed by atoms with Crippen LogP contribution in [0.3, 0.4) is 0 Å². The molecular weight excluding hydrogens is 312 g/mol. The van der Waals surface area contributed by atoms with Crippen molar-refractivity contribution in [3.05, 3.63) is 60.2 Å². The number of rotatable bonds is 2. The van der Waals surface area contributed by atoms with Gasteiger partial charge in [0.2, 0.25) is 0 Å². The summed E-state index contributed by atoms with van der Waals surface area (Å²) in [6.45, 7) is -0.904. The molecule has 1 saturated heterocycles. The number of carbonyl (C=O) groups is 1. The first-order valence-corrected chi connectivity index (χ1v) is 6.53. The van der Waals surface area contributed by atoms with E-state index in [-0.39, 0.29) is 12.4 Å². The molecule has 2 aromatic rings. The van der Waals surface area contributed by atoms with Gasteiger partial charge in [0.1, 0.15) is 6.04 Å². The number of ether oxygens (including phenoxy) is 1. The van der Waals surface area contributed by atoms with Crippen LogP contribution in [0.15, 0.2) is 54.6 Å². The second-order valence-electron chi connectivity index (χ2n) is 4.91. The lowest BCUT2D eigenvalue weighted by atomic mass is 9.96. The minimum Gasteiger partial charge on any atom is -0.443 e. The summed E-state index contributed by atoms with van der Waals surface area (Å²) in [5.41, 5.74) is 2.11. The van der Waals surface area contributed by atoms with Crippen LogP contribution < -0.4 is 5.32 Å². The molecule has 0 spiro atoms. The fraction of sp³-hybridized carbons (Fsp3) is 0.188. The van der Waals surface area contributed by atoms with Crippen LogP contribution in [0, 0.1) is 0 Å². The van der Waals surface area contributed by atoms with Crippen LogP contribution in [0.25, 0.3) is 11.1 Å². The molecule has 0 bridgehead atoms. The average Bonchev–Trinajstić information content (AvgIpc) is 2.51. The van der Waals surface area contributed by atoms with E-state index in [1.165, 1.54) is 0 Å². The number of cyclic esters (lactones) is 1. The second kappa shape index (κ2) is 6.32. The molecule has 3 rings (SSSR count). The van der Waals surface area contributed by atoms with Crippen LogP contribution in [-0.2, 0) is 4.74 Å². The number of hydrogen-bond donors (Lipinski definition) is 1. The number of benzene rings is 2. The van der Waals surface area contributed by atoms with Gasteiger partial charge in [0.15, 0.2) is 6.61 Å². The average molecular weight is 326 g/mol. The van der Waals surface area contributed by atoms with Gasteiger partial charge in [-0.05, 0) is 22.8 Å². The van der Waals surface area contributed by atoms with Crippen molar-refractivity contribution < 1.29 is 18.3 Å². The van der Waals surface area contributed by atoms with Crippen molar-refractivity contribution in [2.45, 2.75) is 12.0 Å². The molecule has 0 aliphatic carbocycles. The minimum atomic E-state index is -3.14. The lowest BCUT2D eigenvalue weighted by molar-refractivity contribution is -0.104. The Labute approximate surface area is 132 Å². The highest BCUT2D eigenvalue weighted by molar-refractivity contribution is 5.85. The van der Waals surface area contributed by atoms with Crippen LogP contribution >= 0.6 is 12.4 Å². The molecular formula is C16H14ClF2NO2. The summed E-state index contributed by atoms with van der Waals surface area (Å²) in [5, 5.41) is 2.19. The van der Waals surface area contributed by atoms with E-state index in [0.29, 0.717) is 5.56 Å². The van der Waals surface area contributed by atoms with Crippen molar-refractivity contribution >= 4 is 18.5 Å². The molecule has 1 aliphatic heterocycles. The molecule has 6 heteroatoms. The number of alkyl halides is 2. The molecule has 0 saturated carbocycles. The first-order chi connectivity index (χ1) is 10.1. The van der Waals surface area contributed by atoms with Crippen molar-refractivity contribution in [3.8, 4) is 11.1 Å². The van der Waals surface area contributed by atoms with Gasteiger partial charge in [0, 0.05) is 0 Å². The number of alkyl carbamates (subject to hydrolysis) is 1. The fourth-order valence-electron chi connectivity index (χ4n) is 2.37. The highest BCUT2D eigenvalue weighted by Gasteiger charge is 2.46. The van der Waals surface area contributed by atoms with E-state index in [9.17, 15) is 13.6 Å². The molecule has 0 unspecified atom stereocenters. The summed E-state index contributed by atoms with van der Waals surface area (Å²) in [6, 6.07) is 14.9. The predicted octanol–water partition coefficient (Wildman–Crippen LogP) is 4.19. The Morgan fingerprint density at radius 3 is 2.45 bits per heavy atom. The van der Waals surface area contributed by atoms with Gasteiger partial charge in [-0.3, -0.25) is 0 Å². The Hall–Kier alpha value is -2.14. The van der Waals surface area contributed by atoms with E-state index >= 15 is 0 Å². The smallest absolute Gasteiger partial charge is 0.408 e. The monoisotopic (exact) mass is 325 g/mol. The topological polar surface area (TPSA) is 38.3 Å². The molecule has 3 nitrogen and oxygen atoms in total. The summed E-state index contributed by atoms with van der Waals surface area (Å²) in [5.74, 6) is -3.14. The molecule has 1 aliphatic rings. The number of amides is 1. The first-order valence-electron chi connectivity index (χ1n) is 6.53. The molecule has 1 N–H and O–H groups in total. The van der Waals surface area contributed by atoms with Crippen LogP contribution in [0.1, 0.15) is 11.6 Å². The molecule has 0 aromatic heterocycles.